The van der Waals surface area contributed by atoms with Crippen LogP contribution in [0.4, 0.5) is 5.69 Å². The smallest absolute Gasteiger partial charge is 0.0606 e. The number of aryl methyl sites for hydroxylation is 2. The molecule has 1 N–H and O–H groups in total. The van der Waals surface area contributed by atoms with Crippen molar-refractivity contribution in [1.29, 1.82) is 0 Å². The van der Waals surface area contributed by atoms with Gasteiger partial charge in [-0.15, -0.1) is 0 Å². The molecular formula is C13H21N3. The molecule has 1 saturated heterocycles. The van der Waals surface area contributed by atoms with Gasteiger partial charge in [-0.1, -0.05) is 0 Å². The van der Waals surface area contributed by atoms with Crippen LogP contribution in [-0.2, 0) is 0 Å². The van der Waals surface area contributed by atoms with Gasteiger partial charge in [-0.05, 0) is 52.4 Å². The summed E-state index contributed by atoms with van der Waals surface area (Å²) in [6.45, 7) is 6.46. The monoisotopic (exact) mass is 219 g/mol. The van der Waals surface area contributed by atoms with Gasteiger partial charge in [-0.3, -0.25) is 4.98 Å². The summed E-state index contributed by atoms with van der Waals surface area (Å²) in [6.07, 6.45) is 2.55. The van der Waals surface area contributed by atoms with Gasteiger partial charge >= 0.3 is 0 Å². The topological polar surface area (TPSA) is 28.2 Å². The second kappa shape index (κ2) is 4.83. The third-order valence-corrected chi connectivity index (χ3v) is 3.21. The van der Waals surface area contributed by atoms with Crippen molar-refractivity contribution in [1.82, 2.24) is 9.88 Å². The van der Waals surface area contributed by atoms with E-state index in [1.807, 2.05) is 6.92 Å². The molecule has 1 aromatic rings. The number of aromatic nitrogens is 1. The number of anilines is 1. The highest BCUT2D eigenvalue weighted by Crippen LogP contribution is 2.17. The van der Waals surface area contributed by atoms with Crippen molar-refractivity contribution in [2.45, 2.75) is 32.7 Å². The van der Waals surface area contributed by atoms with Crippen LogP contribution < -0.4 is 5.32 Å². The zero-order valence-electron chi connectivity index (χ0n) is 10.5. The molecule has 1 aliphatic heterocycles. The van der Waals surface area contributed by atoms with Crippen molar-refractivity contribution in [3.05, 3.63) is 23.5 Å². The molecule has 2 rings (SSSR count). The van der Waals surface area contributed by atoms with Gasteiger partial charge in [0.25, 0.3) is 0 Å². The van der Waals surface area contributed by atoms with E-state index in [1.165, 1.54) is 25.1 Å². The van der Waals surface area contributed by atoms with Crippen LogP contribution >= 0.6 is 0 Å². The van der Waals surface area contributed by atoms with E-state index in [1.54, 1.807) is 0 Å². The number of likely N-dealkylation sites (N-methyl/N-ethyl adjacent to an activating group) is 1. The molecule has 1 unspecified atom stereocenters. The van der Waals surface area contributed by atoms with Crippen molar-refractivity contribution in [3.63, 3.8) is 0 Å². The maximum Gasteiger partial charge on any atom is 0.0606 e. The second-order valence-corrected chi connectivity index (χ2v) is 4.83. The first-order chi connectivity index (χ1) is 7.65. The molecule has 3 nitrogen and oxygen atoms in total. The molecule has 0 spiro atoms. The van der Waals surface area contributed by atoms with Gasteiger partial charge in [0, 0.05) is 18.3 Å². The summed E-state index contributed by atoms with van der Waals surface area (Å²) in [5.41, 5.74) is 3.38. The Labute approximate surface area is 97.9 Å². The zero-order chi connectivity index (χ0) is 11.5. The average molecular weight is 219 g/mol. The summed E-state index contributed by atoms with van der Waals surface area (Å²) in [6, 6.07) is 4.79. The molecule has 0 bridgehead atoms. The third-order valence-electron chi connectivity index (χ3n) is 3.21. The van der Waals surface area contributed by atoms with Gasteiger partial charge in [0.1, 0.15) is 0 Å². The van der Waals surface area contributed by atoms with Gasteiger partial charge in [0.15, 0.2) is 0 Å². The van der Waals surface area contributed by atoms with E-state index in [0.29, 0.717) is 6.04 Å². The number of pyridine rings is 1. The lowest BCUT2D eigenvalue weighted by Crippen LogP contribution is -2.39. The maximum atomic E-state index is 4.48. The number of likely N-dealkylation sites (tertiary alicyclic amines) is 1. The normalized spacial score (nSPS) is 22.1. The number of hydrogen-bond acceptors (Lipinski definition) is 3. The fraction of sp³-hybridized carbons (Fsp3) is 0.615. The molecule has 0 aromatic carbocycles. The Bertz CT molecular complexity index is 362. The highest BCUT2D eigenvalue weighted by molar-refractivity contribution is 5.48. The van der Waals surface area contributed by atoms with Crippen molar-refractivity contribution < 1.29 is 0 Å². The Hall–Kier alpha value is -1.09. The predicted octanol–water partition coefficient (Wildman–Crippen LogP) is 2.20. The maximum absolute atomic E-state index is 4.48. The van der Waals surface area contributed by atoms with Crippen LogP contribution in [0.25, 0.3) is 0 Å². The summed E-state index contributed by atoms with van der Waals surface area (Å²) in [5, 5.41) is 3.60. The number of nitrogens with zero attached hydrogens (tertiary/aromatic N) is 2. The van der Waals surface area contributed by atoms with E-state index in [4.69, 9.17) is 0 Å². The Kier molecular flexibility index (Phi) is 3.44. The minimum absolute atomic E-state index is 0.571. The van der Waals surface area contributed by atoms with E-state index in [9.17, 15) is 0 Å². The molecule has 0 amide bonds. The summed E-state index contributed by atoms with van der Waals surface area (Å²) in [7, 11) is 2.19. The highest BCUT2D eigenvalue weighted by atomic mass is 15.1. The fourth-order valence-electron chi connectivity index (χ4n) is 2.34. The number of piperidine rings is 1. The fourth-order valence-corrected chi connectivity index (χ4v) is 2.34. The number of rotatable bonds is 2. The van der Waals surface area contributed by atoms with E-state index in [0.717, 1.165) is 17.9 Å². The predicted molar refractivity (Wildman–Crippen MR) is 67.9 cm³/mol. The lowest BCUT2D eigenvalue weighted by atomic mass is 10.1. The molecule has 1 fully saturated rings. The molecule has 3 heteroatoms. The SMILES string of the molecule is Cc1ccc(NC2CCCN(C)C2)c(C)n1. The highest BCUT2D eigenvalue weighted by Gasteiger charge is 2.17. The first-order valence-corrected chi connectivity index (χ1v) is 6.04. The molecular weight excluding hydrogens is 198 g/mol. The van der Waals surface area contributed by atoms with Crippen molar-refractivity contribution >= 4 is 5.69 Å². The molecule has 0 saturated carbocycles. The average Bonchev–Trinajstić information content (AvgIpc) is 2.22. The van der Waals surface area contributed by atoms with Gasteiger partial charge in [0.05, 0.1) is 11.4 Å². The van der Waals surface area contributed by atoms with Crippen molar-refractivity contribution in [3.8, 4) is 0 Å². The van der Waals surface area contributed by atoms with Crippen LogP contribution in [0.1, 0.15) is 24.2 Å². The molecule has 1 aliphatic rings. The zero-order valence-corrected chi connectivity index (χ0v) is 10.5. The molecule has 16 heavy (non-hydrogen) atoms. The third kappa shape index (κ3) is 2.73. The molecule has 2 heterocycles. The van der Waals surface area contributed by atoms with Crippen LogP contribution in [-0.4, -0.2) is 36.1 Å². The van der Waals surface area contributed by atoms with Crippen molar-refractivity contribution in [2.75, 3.05) is 25.5 Å². The standard InChI is InChI=1S/C13H21N3/c1-10-6-7-13(11(2)14-10)15-12-5-4-8-16(3)9-12/h6-7,12,15H,4-5,8-9H2,1-3H3. The number of nitrogens with one attached hydrogen (secondary N) is 1. The van der Waals surface area contributed by atoms with E-state index in [2.05, 4.69) is 41.3 Å². The Morgan fingerprint density at radius 3 is 2.88 bits per heavy atom. The quantitative estimate of drug-likeness (QED) is 0.826. The van der Waals surface area contributed by atoms with Gasteiger partial charge in [0.2, 0.25) is 0 Å². The minimum Gasteiger partial charge on any atom is -0.380 e. The number of hydrogen-bond donors (Lipinski definition) is 1. The summed E-state index contributed by atoms with van der Waals surface area (Å²) in [4.78, 5) is 6.87. The second-order valence-electron chi connectivity index (χ2n) is 4.83. The Morgan fingerprint density at radius 1 is 1.38 bits per heavy atom. The lowest BCUT2D eigenvalue weighted by Gasteiger charge is -2.31. The molecule has 0 radical (unpaired) electrons. The molecule has 0 aliphatic carbocycles. The van der Waals surface area contributed by atoms with Gasteiger partial charge in [-0.2, -0.15) is 0 Å². The summed E-state index contributed by atoms with van der Waals surface area (Å²) < 4.78 is 0. The molecule has 1 atom stereocenters. The minimum atomic E-state index is 0.571. The summed E-state index contributed by atoms with van der Waals surface area (Å²) >= 11 is 0. The largest absolute Gasteiger partial charge is 0.380 e. The van der Waals surface area contributed by atoms with E-state index >= 15 is 0 Å². The Balaban J connectivity index is 2.02. The van der Waals surface area contributed by atoms with E-state index < -0.39 is 0 Å². The first kappa shape index (κ1) is 11.4. The summed E-state index contributed by atoms with van der Waals surface area (Å²) in [5.74, 6) is 0. The van der Waals surface area contributed by atoms with Crippen LogP contribution in [0.5, 0.6) is 0 Å². The van der Waals surface area contributed by atoms with Crippen LogP contribution in [0.3, 0.4) is 0 Å². The van der Waals surface area contributed by atoms with Crippen molar-refractivity contribution in [2.24, 2.45) is 0 Å². The van der Waals surface area contributed by atoms with Gasteiger partial charge in [-0.25, -0.2) is 0 Å². The van der Waals surface area contributed by atoms with E-state index in [-0.39, 0.29) is 0 Å². The lowest BCUT2D eigenvalue weighted by molar-refractivity contribution is 0.261. The van der Waals surface area contributed by atoms with Gasteiger partial charge < -0.3 is 10.2 Å². The molecule has 1 aromatic heterocycles. The van der Waals surface area contributed by atoms with Crippen LogP contribution in [0.15, 0.2) is 12.1 Å². The first-order valence-electron chi connectivity index (χ1n) is 6.04. The van der Waals surface area contributed by atoms with Crippen LogP contribution in [0.2, 0.25) is 0 Å². The Morgan fingerprint density at radius 2 is 2.19 bits per heavy atom. The van der Waals surface area contributed by atoms with Crippen LogP contribution in [0, 0.1) is 13.8 Å². The molecule has 88 valence electrons.